The lowest BCUT2D eigenvalue weighted by Gasteiger charge is -2.26. The van der Waals surface area contributed by atoms with Crippen LogP contribution in [0.2, 0.25) is 10.0 Å². The van der Waals surface area contributed by atoms with E-state index in [1.54, 1.807) is 0 Å². The van der Waals surface area contributed by atoms with Crippen molar-refractivity contribution in [1.29, 1.82) is 0 Å². The summed E-state index contributed by atoms with van der Waals surface area (Å²) in [5.74, 6) is -2.30. The Bertz CT molecular complexity index is 863. The number of hydrogen-bond donors (Lipinski definition) is 1. The highest BCUT2D eigenvalue weighted by atomic mass is 35.5. The number of esters is 3. The Labute approximate surface area is 181 Å². The number of nitro benzene ring substituents is 1. The van der Waals surface area contributed by atoms with E-state index in [1.807, 2.05) is 0 Å². The van der Waals surface area contributed by atoms with Gasteiger partial charge in [-0.1, -0.05) is 23.2 Å². The molecule has 0 spiro atoms. The van der Waals surface area contributed by atoms with Crippen LogP contribution in [0.1, 0.15) is 27.2 Å². The van der Waals surface area contributed by atoms with E-state index in [0.29, 0.717) is 0 Å². The third kappa shape index (κ3) is 5.96. The number of ether oxygens (including phenoxy) is 3. The fourth-order valence-corrected chi connectivity index (χ4v) is 3.64. The van der Waals surface area contributed by atoms with Crippen LogP contribution in [0.3, 0.4) is 0 Å². The van der Waals surface area contributed by atoms with Gasteiger partial charge in [-0.25, -0.2) is 0 Å². The molecule has 0 heterocycles. The zero-order valence-corrected chi connectivity index (χ0v) is 17.9. The second-order valence-electron chi connectivity index (χ2n) is 6.74. The summed E-state index contributed by atoms with van der Waals surface area (Å²) in [5, 5.41) is 14.4. The molecule has 4 atom stereocenters. The molecule has 2 rings (SSSR count). The molecule has 0 bridgehead atoms. The Hall–Kier alpha value is -2.59. The molecular formula is C18H20Cl2N2O8. The van der Waals surface area contributed by atoms with Gasteiger partial charge >= 0.3 is 17.9 Å². The predicted octanol–water partition coefficient (Wildman–Crippen LogP) is 3.13. The van der Waals surface area contributed by atoms with Gasteiger partial charge < -0.3 is 19.5 Å². The van der Waals surface area contributed by atoms with Gasteiger partial charge in [-0.05, 0) is 12.5 Å². The molecule has 0 amide bonds. The number of anilines is 1. The van der Waals surface area contributed by atoms with Gasteiger partial charge in [0.15, 0.2) is 6.10 Å². The Morgan fingerprint density at radius 1 is 1.07 bits per heavy atom. The summed E-state index contributed by atoms with van der Waals surface area (Å²) in [5.41, 5.74) is -0.287. The molecule has 0 unspecified atom stereocenters. The highest BCUT2D eigenvalue weighted by molar-refractivity contribution is 6.42. The minimum atomic E-state index is -0.985. The minimum absolute atomic E-state index is 0.00222. The molecule has 0 aliphatic heterocycles. The molecule has 1 aliphatic carbocycles. The largest absolute Gasteiger partial charge is 0.465 e. The van der Waals surface area contributed by atoms with Crippen molar-refractivity contribution in [2.75, 3.05) is 11.9 Å². The summed E-state index contributed by atoms with van der Waals surface area (Å²) in [4.78, 5) is 45.2. The quantitative estimate of drug-likeness (QED) is 0.280. The Kier molecular flexibility index (Phi) is 7.85. The van der Waals surface area contributed by atoms with Crippen LogP contribution in [0.15, 0.2) is 12.1 Å². The summed E-state index contributed by atoms with van der Waals surface area (Å²) in [6.45, 7) is 3.52. The molecule has 0 saturated heterocycles. The SMILES string of the molecule is CC(=O)OC[C@H]1C[C@@H](Nc2cc(Cl)c(Cl)cc2[N+](=O)[O-])[C@@H](OC(C)=O)[C@H]1OC(C)=O. The molecule has 1 N–H and O–H groups in total. The molecular weight excluding hydrogens is 443 g/mol. The first-order valence-corrected chi connectivity index (χ1v) is 9.63. The van der Waals surface area contributed by atoms with Crippen LogP contribution in [-0.2, 0) is 28.6 Å². The highest BCUT2D eigenvalue weighted by Gasteiger charge is 2.48. The van der Waals surface area contributed by atoms with Gasteiger partial charge in [0.1, 0.15) is 11.8 Å². The van der Waals surface area contributed by atoms with E-state index in [0.717, 1.165) is 6.07 Å². The van der Waals surface area contributed by atoms with Crippen LogP contribution in [0.25, 0.3) is 0 Å². The van der Waals surface area contributed by atoms with Crippen molar-refractivity contribution in [2.45, 2.75) is 45.4 Å². The number of nitrogens with one attached hydrogen (secondary N) is 1. The van der Waals surface area contributed by atoms with Crippen LogP contribution in [0.5, 0.6) is 0 Å². The fourth-order valence-electron chi connectivity index (χ4n) is 3.32. The number of carbonyl (C=O) groups is 3. The molecule has 1 aromatic rings. The topological polar surface area (TPSA) is 134 Å². The van der Waals surface area contributed by atoms with Crippen LogP contribution in [0.4, 0.5) is 11.4 Å². The number of rotatable bonds is 7. The van der Waals surface area contributed by atoms with Gasteiger partial charge in [0, 0.05) is 32.8 Å². The molecule has 164 valence electrons. The van der Waals surface area contributed by atoms with Crippen molar-refractivity contribution in [3.63, 3.8) is 0 Å². The second-order valence-corrected chi connectivity index (χ2v) is 7.55. The van der Waals surface area contributed by atoms with Gasteiger partial charge in [-0.15, -0.1) is 0 Å². The molecule has 0 aromatic heterocycles. The second kappa shape index (κ2) is 9.94. The molecule has 1 aliphatic rings. The number of halogens is 2. The van der Waals surface area contributed by atoms with E-state index in [2.05, 4.69) is 5.32 Å². The summed E-state index contributed by atoms with van der Waals surface area (Å²) < 4.78 is 15.7. The van der Waals surface area contributed by atoms with Crippen molar-refractivity contribution in [1.82, 2.24) is 0 Å². The first kappa shape index (κ1) is 23.7. The van der Waals surface area contributed by atoms with E-state index in [-0.39, 0.29) is 34.4 Å². The summed E-state index contributed by atoms with van der Waals surface area (Å²) in [6.07, 6.45) is -1.69. The van der Waals surface area contributed by atoms with E-state index in [4.69, 9.17) is 37.4 Å². The van der Waals surface area contributed by atoms with E-state index >= 15 is 0 Å². The predicted molar refractivity (Wildman–Crippen MR) is 106 cm³/mol. The number of carbonyl (C=O) groups excluding carboxylic acids is 3. The molecule has 1 saturated carbocycles. The molecule has 10 nitrogen and oxygen atoms in total. The van der Waals surface area contributed by atoms with Crippen molar-refractivity contribution < 1.29 is 33.5 Å². The molecule has 30 heavy (non-hydrogen) atoms. The molecule has 12 heteroatoms. The standard InChI is InChI=1S/C18H20Cl2N2O8/c1-8(23)28-7-11-4-15(18(30-10(3)25)17(11)29-9(2)24)21-14-5-12(19)13(20)6-16(14)22(26)27/h5-6,11,15,17-18,21H,4,7H2,1-3H3/t11-,15-,17+,18-/m1/s1. The van der Waals surface area contributed by atoms with Crippen molar-refractivity contribution in [3.8, 4) is 0 Å². The van der Waals surface area contributed by atoms with E-state index < -0.39 is 47.0 Å². The maximum atomic E-state index is 11.7. The van der Waals surface area contributed by atoms with Crippen LogP contribution < -0.4 is 5.32 Å². The third-order valence-electron chi connectivity index (χ3n) is 4.42. The molecule has 1 aromatic carbocycles. The third-order valence-corrected chi connectivity index (χ3v) is 5.14. The van der Waals surface area contributed by atoms with E-state index in [9.17, 15) is 24.5 Å². The lowest BCUT2D eigenvalue weighted by Crippen LogP contribution is -2.41. The van der Waals surface area contributed by atoms with Crippen molar-refractivity contribution >= 4 is 52.5 Å². The van der Waals surface area contributed by atoms with Gasteiger partial charge in [0.05, 0.1) is 27.6 Å². The van der Waals surface area contributed by atoms with Gasteiger partial charge in [0.25, 0.3) is 5.69 Å². The Balaban J connectivity index is 2.39. The summed E-state index contributed by atoms with van der Waals surface area (Å²) >= 11 is 11.9. The number of hydrogen-bond acceptors (Lipinski definition) is 9. The normalized spacial score (nSPS) is 22.8. The zero-order valence-electron chi connectivity index (χ0n) is 16.3. The van der Waals surface area contributed by atoms with Crippen molar-refractivity contribution in [2.24, 2.45) is 5.92 Å². The van der Waals surface area contributed by atoms with Crippen LogP contribution in [0, 0.1) is 16.0 Å². The van der Waals surface area contributed by atoms with E-state index in [1.165, 1.54) is 26.8 Å². The number of nitro groups is 1. The first-order chi connectivity index (χ1) is 14.0. The average molecular weight is 463 g/mol. The van der Waals surface area contributed by atoms with Crippen molar-refractivity contribution in [3.05, 3.63) is 32.3 Å². The minimum Gasteiger partial charge on any atom is -0.465 e. The number of nitrogens with zero attached hydrogens (tertiary/aromatic N) is 1. The maximum Gasteiger partial charge on any atom is 0.303 e. The monoisotopic (exact) mass is 462 g/mol. The summed E-state index contributed by atoms with van der Waals surface area (Å²) in [7, 11) is 0. The fraction of sp³-hybridized carbons (Fsp3) is 0.500. The Morgan fingerprint density at radius 3 is 2.17 bits per heavy atom. The molecule has 1 fully saturated rings. The lowest BCUT2D eigenvalue weighted by atomic mass is 10.1. The smallest absolute Gasteiger partial charge is 0.303 e. The Morgan fingerprint density at radius 2 is 1.63 bits per heavy atom. The van der Waals surface area contributed by atoms with Gasteiger partial charge in [-0.2, -0.15) is 0 Å². The highest BCUT2D eigenvalue weighted by Crippen LogP contribution is 2.38. The van der Waals surface area contributed by atoms with Crippen LogP contribution >= 0.6 is 23.2 Å². The van der Waals surface area contributed by atoms with Crippen LogP contribution in [-0.4, -0.2) is 47.7 Å². The summed E-state index contributed by atoms with van der Waals surface area (Å²) in [6, 6.07) is 1.68. The average Bonchev–Trinajstić information content (AvgIpc) is 2.91. The number of benzene rings is 1. The van der Waals surface area contributed by atoms with Gasteiger partial charge in [-0.3, -0.25) is 24.5 Å². The van der Waals surface area contributed by atoms with Gasteiger partial charge in [0.2, 0.25) is 0 Å². The maximum absolute atomic E-state index is 11.7. The zero-order chi connectivity index (χ0) is 22.6. The molecule has 0 radical (unpaired) electrons. The lowest BCUT2D eigenvalue weighted by molar-refractivity contribution is -0.384. The first-order valence-electron chi connectivity index (χ1n) is 8.87.